The number of aromatic amines is 7. The highest BCUT2D eigenvalue weighted by atomic mass is 16.8. The van der Waals surface area contributed by atoms with E-state index in [-0.39, 0.29) is 107 Å². The van der Waals surface area contributed by atoms with E-state index < -0.39 is 84.8 Å². The number of hydrogen-bond acceptors (Lipinski definition) is 29. The number of ether oxygens (including phenoxy) is 6. The van der Waals surface area contributed by atoms with Crippen LogP contribution in [0.25, 0.3) is 44.1 Å². The second-order valence-electron chi connectivity index (χ2n) is 25.3. The fourth-order valence-electron chi connectivity index (χ4n) is 13.3. The number of hydrogen-bond donors (Lipinski definition) is 22. The van der Waals surface area contributed by atoms with Gasteiger partial charge in [0.05, 0.1) is 58.4 Å². The molecule has 18 atom stereocenters. The summed E-state index contributed by atoms with van der Waals surface area (Å²) in [5.41, 5.74) is 25.3. The number of aromatic nitrogens is 12. The summed E-state index contributed by atoms with van der Waals surface area (Å²) in [7, 11) is 0. The van der Waals surface area contributed by atoms with E-state index in [0.29, 0.717) is 58.3 Å². The van der Waals surface area contributed by atoms with Gasteiger partial charge in [-0.25, -0.2) is 0 Å². The van der Waals surface area contributed by atoms with Crippen molar-refractivity contribution in [3.05, 3.63) is 125 Å². The van der Waals surface area contributed by atoms with Crippen molar-refractivity contribution in [1.82, 2.24) is 80.7 Å². The lowest BCUT2D eigenvalue weighted by Gasteiger charge is -2.21. The molecule has 37 heteroatoms. The van der Waals surface area contributed by atoms with Crippen LogP contribution in [0.5, 0.6) is 0 Å². The van der Waals surface area contributed by atoms with Crippen LogP contribution in [-0.2, 0) is 54.6 Å². The van der Waals surface area contributed by atoms with E-state index in [1.807, 2.05) is 52.0 Å². The third kappa shape index (κ3) is 12.9. The van der Waals surface area contributed by atoms with Crippen molar-refractivity contribution in [1.29, 1.82) is 0 Å². The largest absolute Gasteiger partial charge is 0.394 e. The van der Waals surface area contributed by atoms with Crippen molar-refractivity contribution in [2.45, 2.75) is 175 Å². The predicted octanol–water partition coefficient (Wildman–Crippen LogP) is -4.77. The van der Waals surface area contributed by atoms with Crippen molar-refractivity contribution in [3.63, 3.8) is 0 Å². The summed E-state index contributed by atoms with van der Waals surface area (Å²) in [5, 5.41) is 83.6. The van der Waals surface area contributed by atoms with Gasteiger partial charge in [-0.2, -0.15) is 19.9 Å². The Kier molecular flexibility index (Phi) is 17.7. The summed E-state index contributed by atoms with van der Waals surface area (Å²) in [6, 6.07) is -0.797. The monoisotopic (exact) mass is 1340 g/mol. The molecule has 0 spiro atoms. The minimum absolute atomic E-state index is 0.0321. The first-order valence-corrected chi connectivity index (χ1v) is 30.9. The lowest BCUT2D eigenvalue weighted by molar-refractivity contribution is -0.146. The quantitative estimate of drug-likeness (QED) is 0.0359. The molecule has 1 saturated carbocycles. The van der Waals surface area contributed by atoms with Gasteiger partial charge in [-0.1, -0.05) is 36.5 Å². The number of nitrogens with two attached hydrogens (primary N) is 4. The Balaban J connectivity index is 0.000000117. The normalized spacial score (nSPS) is 31.6. The van der Waals surface area contributed by atoms with Gasteiger partial charge in [0.15, 0.2) is 23.4 Å². The average molecular weight is 1340 g/mol. The summed E-state index contributed by atoms with van der Waals surface area (Å²) >= 11 is 0. The molecule has 26 N–H and O–H groups in total. The van der Waals surface area contributed by atoms with Crippen LogP contribution in [0.4, 0.5) is 23.8 Å². The number of nitrogens with zero attached hydrogens (tertiary/aromatic N) is 5. The molecule has 10 unspecified atom stereocenters. The Morgan fingerprint density at radius 3 is 1.34 bits per heavy atom. The SMILES string of the molecule is CC1(C)OC2C=CC(NCc3c[nH]c4nc(N)[nH]c(=O)c34)C2O1.CC1(C)O[C@H]2C=CC(NCc3c[nH]c4nc(N)[nH]c(=O)c34)[C@H]2O1.Nc1nc2[nH]cc(CNC3C=C[C@@H](O)[C@H]3O)c2c(=O)[nH]1.Nc1nc2c(c(CNC3[C@H](O)[C@H](O)[C@H]4O[C@@H]34)cn2C2OC(CO)C(O)C2O)c(=O)[nH]1. The highest BCUT2D eigenvalue weighted by molar-refractivity contribution is 5.82. The first-order chi connectivity index (χ1) is 45.7. The van der Waals surface area contributed by atoms with Gasteiger partial charge in [-0.05, 0) is 49.9 Å². The number of aliphatic hydroxyl groups is 7. The highest BCUT2D eigenvalue weighted by Crippen LogP contribution is 2.40. The number of nitrogens with one attached hydrogen (secondary N) is 11. The number of H-pyrrole nitrogens is 7. The van der Waals surface area contributed by atoms with Crippen LogP contribution in [0.1, 0.15) is 56.2 Å². The number of epoxide rings is 1. The second-order valence-corrected chi connectivity index (χ2v) is 25.3. The number of aliphatic hydroxyl groups excluding tert-OH is 7. The Hall–Kier alpha value is -8.58. The summed E-state index contributed by atoms with van der Waals surface area (Å²) in [6.45, 7) is 8.63. The zero-order valence-electron chi connectivity index (χ0n) is 52.0. The lowest BCUT2D eigenvalue weighted by Crippen LogP contribution is -2.44. The van der Waals surface area contributed by atoms with Crippen molar-refractivity contribution in [2.24, 2.45) is 0 Å². The van der Waals surface area contributed by atoms with Crippen molar-refractivity contribution in [2.75, 3.05) is 29.5 Å². The molecule has 5 fully saturated rings. The Morgan fingerprint density at radius 2 is 0.917 bits per heavy atom. The van der Waals surface area contributed by atoms with E-state index in [1.165, 1.54) is 16.8 Å². The molecular weight excluding hydrogens is 1260 g/mol. The van der Waals surface area contributed by atoms with Crippen LogP contribution < -0.4 is 66.4 Å². The zero-order chi connectivity index (χ0) is 68.0. The van der Waals surface area contributed by atoms with E-state index in [1.54, 1.807) is 24.7 Å². The summed E-state index contributed by atoms with van der Waals surface area (Å²) in [6.07, 6.45) is 8.69. The van der Waals surface area contributed by atoms with Crippen LogP contribution in [-0.4, -0.2) is 217 Å². The topological polar surface area (TPSA) is 588 Å². The highest BCUT2D eigenvalue weighted by Gasteiger charge is 2.61. The molecule has 0 bridgehead atoms. The molecule has 37 nitrogen and oxygen atoms in total. The minimum atomic E-state index is -1.37. The summed E-state index contributed by atoms with van der Waals surface area (Å²) in [5.74, 6) is -1.02. The van der Waals surface area contributed by atoms with Gasteiger partial charge < -0.3 is 128 Å². The maximum atomic E-state index is 12.6. The van der Waals surface area contributed by atoms with E-state index in [0.717, 1.165) is 16.7 Å². The molecule has 8 aliphatic rings. The molecule has 4 aliphatic heterocycles. The molecule has 514 valence electrons. The van der Waals surface area contributed by atoms with Crippen molar-refractivity contribution >= 4 is 67.9 Å². The smallest absolute Gasteiger partial charge is 0.262 e. The molecule has 12 heterocycles. The van der Waals surface area contributed by atoms with Gasteiger partial charge in [-0.3, -0.25) is 39.1 Å². The standard InChI is InChI=1S/C17H23N5O8.2C15H19N5O3.C12H15N5O3/c18-17-20-14-6(15(28)21-17)4(1-19-7-9(25)10(26)13-12(7)30-13)2-22(14)16-11(27)8(24)5(3-23)29-16;2*1-15(2)22-9-4-3-8(11(9)23-15)17-5-7-6-18-12-10(7)13(21)20-14(16)19-12;13-12-16-10-8(11(20)17-12)5(4-15-10)3-14-6-1-2-7(18)9(6)19/h2,5,7-13,16,19,23-27H,1,3H2,(H3,18,20,21,28);2*3-4,6,8-9,11,17H,5H2,1-2H3,(H4,16,18,19,20,21);1-2,4,6-7,9,14,18-19H,3H2,(H4,13,15,16,17,20)/t5?,7?,8?,9-,10-,11?,12-,13+,16?;8?,9-,11+;;6?,7-,9+/m00.1/s1. The van der Waals surface area contributed by atoms with Gasteiger partial charge >= 0.3 is 0 Å². The molecule has 4 aliphatic carbocycles. The molecule has 8 aromatic heterocycles. The third-order valence-electron chi connectivity index (χ3n) is 17.9. The Morgan fingerprint density at radius 1 is 0.479 bits per heavy atom. The van der Waals surface area contributed by atoms with Crippen molar-refractivity contribution < 1.29 is 64.2 Å². The molecule has 0 amide bonds. The maximum absolute atomic E-state index is 12.6. The molecular formula is C59H76N20O17. The number of fused-ring (bicyclic) bond motifs is 7. The van der Waals surface area contributed by atoms with E-state index in [4.69, 9.17) is 51.4 Å². The Bertz CT molecular complexity index is 4410. The zero-order valence-corrected chi connectivity index (χ0v) is 52.0. The van der Waals surface area contributed by atoms with Gasteiger partial charge in [0.1, 0.15) is 90.2 Å². The van der Waals surface area contributed by atoms with E-state index in [9.17, 15) is 54.9 Å². The molecule has 96 heavy (non-hydrogen) atoms. The van der Waals surface area contributed by atoms with Crippen LogP contribution in [0, 0.1) is 0 Å². The molecule has 16 rings (SSSR count). The van der Waals surface area contributed by atoms with Gasteiger partial charge in [0, 0.05) is 51.0 Å². The number of anilines is 4. The fourth-order valence-corrected chi connectivity index (χ4v) is 13.3. The van der Waals surface area contributed by atoms with Crippen molar-refractivity contribution in [3.8, 4) is 0 Å². The van der Waals surface area contributed by atoms with E-state index in [2.05, 4.69) is 76.1 Å². The van der Waals surface area contributed by atoms with Gasteiger partial charge in [0.2, 0.25) is 23.8 Å². The summed E-state index contributed by atoms with van der Waals surface area (Å²) in [4.78, 5) is 83.6. The van der Waals surface area contributed by atoms with Gasteiger partial charge in [0.25, 0.3) is 22.2 Å². The second kappa shape index (κ2) is 25.8. The minimum Gasteiger partial charge on any atom is -0.394 e. The summed E-state index contributed by atoms with van der Waals surface area (Å²) < 4.78 is 35.7. The van der Waals surface area contributed by atoms with Crippen LogP contribution in [0.15, 0.2) is 80.4 Å². The number of rotatable bonds is 14. The fraction of sp³-hybridized carbons (Fsp3) is 0.492. The van der Waals surface area contributed by atoms with Crippen LogP contribution in [0.2, 0.25) is 0 Å². The molecule has 4 saturated heterocycles. The first kappa shape index (κ1) is 66.1. The van der Waals surface area contributed by atoms with E-state index >= 15 is 0 Å². The average Bonchev–Trinajstić information content (AvgIpc) is 1.58. The van der Waals surface area contributed by atoms with Crippen LogP contribution >= 0.6 is 0 Å². The van der Waals surface area contributed by atoms with Crippen LogP contribution in [0.3, 0.4) is 0 Å². The third-order valence-corrected chi connectivity index (χ3v) is 17.9. The lowest BCUT2D eigenvalue weighted by atomic mass is 10.1. The molecule has 0 aromatic carbocycles. The molecule has 8 aromatic rings. The predicted molar refractivity (Wildman–Crippen MR) is 341 cm³/mol. The maximum Gasteiger partial charge on any atom is 0.262 e. The number of nitrogen functional groups attached to an aromatic ring is 4. The van der Waals surface area contributed by atoms with Gasteiger partial charge in [-0.15, -0.1) is 0 Å². The molecule has 0 radical (unpaired) electrons. The Labute approximate surface area is 540 Å². The first-order valence-electron chi connectivity index (χ1n) is 30.9.